The Bertz CT molecular complexity index is 558. The highest BCUT2D eigenvalue weighted by molar-refractivity contribution is 5.79. The standard InChI is InChI=1S/C16H20N2/c1-11-6-7-13-10-14(8-9-15(13)18-11)16(17-2)12-4-3-5-12/h6-10,12,16-17H,3-5H2,1-2H3. The summed E-state index contributed by atoms with van der Waals surface area (Å²) in [6.45, 7) is 2.04. The zero-order valence-corrected chi connectivity index (χ0v) is 11.1. The van der Waals surface area contributed by atoms with Crippen molar-refractivity contribution in [1.82, 2.24) is 10.3 Å². The maximum absolute atomic E-state index is 4.56. The van der Waals surface area contributed by atoms with Crippen molar-refractivity contribution in [3.05, 3.63) is 41.6 Å². The van der Waals surface area contributed by atoms with Gasteiger partial charge >= 0.3 is 0 Å². The predicted molar refractivity (Wildman–Crippen MR) is 75.6 cm³/mol. The average Bonchev–Trinajstić information content (AvgIpc) is 2.33. The lowest BCUT2D eigenvalue weighted by Crippen LogP contribution is -2.29. The number of aromatic nitrogens is 1. The van der Waals surface area contributed by atoms with Crippen molar-refractivity contribution < 1.29 is 0 Å². The monoisotopic (exact) mass is 240 g/mol. The minimum absolute atomic E-state index is 0.504. The van der Waals surface area contributed by atoms with Gasteiger partial charge in [0.2, 0.25) is 0 Å². The second-order valence-electron chi connectivity index (χ2n) is 5.36. The zero-order chi connectivity index (χ0) is 12.5. The van der Waals surface area contributed by atoms with Crippen LogP contribution in [0.2, 0.25) is 0 Å². The van der Waals surface area contributed by atoms with Gasteiger partial charge in [0.15, 0.2) is 0 Å². The van der Waals surface area contributed by atoms with Crippen molar-refractivity contribution in [3.8, 4) is 0 Å². The second kappa shape index (κ2) is 4.69. The lowest BCUT2D eigenvalue weighted by atomic mass is 9.77. The number of aryl methyl sites for hydroxylation is 1. The predicted octanol–water partition coefficient (Wildman–Crippen LogP) is 3.60. The highest BCUT2D eigenvalue weighted by Gasteiger charge is 2.27. The Hall–Kier alpha value is -1.41. The molecule has 94 valence electrons. The van der Waals surface area contributed by atoms with E-state index in [0.717, 1.165) is 17.1 Å². The van der Waals surface area contributed by atoms with E-state index in [1.165, 1.54) is 30.2 Å². The third-order valence-electron chi connectivity index (χ3n) is 4.14. The molecule has 3 rings (SSSR count). The Kier molecular flexibility index (Phi) is 3.04. The number of hydrogen-bond acceptors (Lipinski definition) is 2. The van der Waals surface area contributed by atoms with Crippen LogP contribution in [-0.2, 0) is 0 Å². The van der Waals surface area contributed by atoms with Gasteiger partial charge in [-0.1, -0.05) is 18.6 Å². The van der Waals surface area contributed by atoms with Crippen molar-refractivity contribution in [2.24, 2.45) is 5.92 Å². The van der Waals surface area contributed by atoms with Crippen LogP contribution in [0.4, 0.5) is 0 Å². The number of rotatable bonds is 3. The number of nitrogens with zero attached hydrogens (tertiary/aromatic N) is 1. The van der Waals surface area contributed by atoms with E-state index < -0.39 is 0 Å². The Morgan fingerprint density at radius 2 is 2.06 bits per heavy atom. The first kappa shape index (κ1) is 11.7. The van der Waals surface area contributed by atoms with Crippen LogP contribution in [0.1, 0.15) is 36.6 Å². The van der Waals surface area contributed by atoms with Gasteiger partial charge in [-0.25, -0.2) is 0 Å². The number of benzene rings is 1. The van der Waals surface area contributed by atoms with Gasteiger partial charge in [-0.15, -0.1) is 0 Å². The first-order valence-corrected chi connectivity index (χ1v) is 6.82. The van der Waals surface area contributed by atoms with Crippen LogP contribution in [0.5, 0.6) is 0 Å². The van der Waals surface area contributed by atoms with E-state index in [4.69, 9.17) is 0 Å². The molecule has 1 atom stereocenters. The summed E-state index contributed by atoms with van der Waals surface area (Å²) >= 11 is 0. The molecule has 0 bridgehead atoms. The molecular weight excluding hydrogens is 220 g/mol. The summed E-state index contributed by atoms with van der Waals surface area (Å²) in [6.07, 6.45) is 4.10. The van der Waals surface area contributed by atoms with Gasteiger partial charge in [0, 0.05) is 17.1 Å². The second-order valence-corrected chi connectivity index (χ2v) is 5.36. The van der Waals surface area contributed by atoms with Crippen molar-refractivity contribution in [2.75, 3.05) is 7.05 Å². The summed E-state index contributed by atoms with van der Waals surface area (Å²) in [4.78, 5) is 4.56. The lowest BCUT2D eigenvalue weighted by Gasteiger charge is -2.34. The summed E-state index contributed by atoms with van der Waals surface area (Å²) in [5, 5.41) is 4.72. The van der Waals surface area contributed by atoms with Crippen LogP contribution in [0.3, 0.4) is 0 Å². The molecule has 1 aromatic carbocycles. The Balaban J connectivity index is 1.98. The molecule has 0 amide bonds. The van der Waals surface area contributed by atoms with Gasteiger partial charge in [0.1, 0.15) is 0 Å². The summed E-state index contributed by atoms with van der Waals surface area (Å²) in [7, 11) is 2.07. The molecule has 2 nitrogen and oxygen atoms in total. The first-order valence-electron chi connectivity index (χ1n) is 6.82. The third-order valence-corrected chi connectivity index (χ3v) is 4.14. The van der Waals surface area contributed by atoms with E-state index in [9.17, 15) is 0 Å². The molecule has 1 aliphatic carbocycles. The van der Waals surface area contributed by atoms with E-state index in [1.54, 1.807) is 0 Å². The first-order chi connectivity index (χ1) is 8.78. The van der Waals surface area contributed by atoms with Crippen LogP contribution in [0.25, 0.3) is 10.9 Å². The SMILES string of the molecule is CNC(c1ccc2nc(C)ccc2c1)C1CCC1. The Morgan fingerprint density at radius 1 is 1.22 bits per heavy atom. The minimum Gasteiger partial charge on any atom is -0.313 e. The fourth-order valence-electron chi connectivity index (χ4n) is 2.89. The molecule has 0 saturated heterocycles. The van der Waals surface area contributed by atoms with Gasteiger partial charge in [-0.3, -0.25) is 4.98 Å². The van der Waals surface area contributed by atoms with E-state index in [0.29, 0.717) is 6.04 Å². The molecule has 1 heterocycles. The maximum Gasteiger partial charge on any atom is 0.0705 e. The van der Waals surface area contributed by atoms with Crippen molar-refractivity contribution in [3.63, 3.8) is 0 Å². The summed E-state index contributed by atoms with van der Waals surface area (Å²) < 4.78 is 0. The highest BCUT2D eigenvalue weighted by atomic mass is 14.9. The molecular formula is C16H20N2. The fraction of sp³-hybridized carbons (Fsp3) is 0.438. The molecule has 1 N–H and O–H groups in total. The molecule has 0 radical (unpaired) electrons. The van der Waals surface area contributed by atoms with E-state index >= 15 is 0 Å². The van der Waals surface area contributed by atoms with Crippen LogP contribution in [0, 0.1) is 12.8 Å². The lowest BCUT2D eigenvalue weighted by molar-refractivity contribution is 0.239. The highest BCUT2D eigenvalue weighted by Crippen LogP contribution is 2.38. The Labute approximate surface area is 108 Å². The van der Waals surface area contributed by atoms with E-state index in [1.807, 2.05) is 6.92 Å². The quantitative estimate of drug-likeness (QED) is 0.886. The van der Waals surface area contributed by atoms with Crippen LogP contribution in [0.15, 0.2) is 30.3 Å². The summed E-state index contributed by atoms with van der Waals surface area (Å²) in [5.41, 5.74) is 3.59. The van der Waals surface area contributed by atoms with Crippen molar-refractivity contribution in [2.45, 2.75) is 32.2 Å². The van der Waals surface area contributed by atoms with E-state index in [-0.39, 0.29) is 0 Å². The van der Waals surface area contributed by atoms with Crippen molar-refractivity contribution in [1.29, 1.82) is 0 Å². The van der Waals surface area contributed by atoms with Gasteiger partial charge in [0.25, 0.3) is 0 Å². The topological polar surface area (TPSA) is 24.9 Å². The average molecular weight is 240 g/mol. The van der Waals surface area contributed by atoms with Gasteiger partial charge in [0.05, 0.1) is 5.52 Å². The molecule has 18 heavy (non-hydrogen) atoms. The molecule has 1 aromatic heterocycles. The largest absolute Gasteiger partial charge is 0.313 e. The number of nitrogens with one attached hydrogen (secondary N) is 1. The van der Waals surface area contributed by atoms with E-state index in [2.05, 4.69) is 47.7 Å². The molecule has 1 unspecified atom stereocenters. The maximum atomic E-state index is 4.56. The van der Waals surface area contributed by atoms with Gasteiger partial charge in [-0.2, -0.15) is 0 Å². The molecule has 0 aliphatic heterocycles. The summed E-state index contributed by atoms with van der Waals surface area (Å²) in [6, 6.07) is 11.4. The number of pyridine rings is 1. The number of hydrogen-bond donors (Lipinski definition) is 1. The third kappa shape index (κ3) is 2.01. The fourth-order valence-corrected chi connectivity index (χ4v) is 2.89. The van der Waals surface area contributed by atoms with Crippen molar-refractivity contribution >= 4 is 10.9 Å². The minimum atomic E-state index is 0.504. The molecule has 2 heteroatoms. The smallest absolute Gasteiger partial charge is 0.0705 e. The van der Waals surface area contributed by atoms with Crippen LogP contribution < -0.4 is 5.32 Å². The number of fused-ring (bicyclic) bond motifs is 1. The van der Waals surface area contributed by atoms with Gasteiger partial charge in [-0.05, 0) is 56.5 Å². The molecule has 1 fully saturated rings. The molecule has 2 aromatic rings. The molecule has 1 saturated carbocycles. The Morgan fingerprint density at radius 3 is 2.72 bits per heavy atom. The summed E-state index contributed by atoms with van der Waals surface area (Å²) in [5.74, 6) is 0.811. The zero-order valence-electron chi connectivity index (χ0n) is 11.1. The normalized spacial score (nSPS) is 17.7. The van der Waals surface area contributed by atoms with Crippen LogP contribution >= 0.6 is 0 Å². The van der Waals surface area contributed by atoms with Gasteiger partial charge < -0.3 is 5.32 Å². The molecule has 1 aliphatic rings. The van der Waals surface area contributed by atoms with Crippen LogP contribution in [-0.4, -0.2) is 12.0 Å². The molecule has 0 spiro atoms.